The van der Waals surface area contributed by atoms with Gasteiger partial charge in [-0.25, -0.2) is 0 Å². The minimum atomic E-state index is -0.238. The third-order valence-electron chi connectivity index (χ3n) is 3.62. The number of guanidine groups is 1. The Hall–Kier alpha value is -1.06. The van der Waals surface area contributed by atoms with Crippen LogP contribution in [-0.2, 0) is 11.3 Å². The Balaban J connectivity index is 0.00000576. The fourth-order valence-corrected chi connectivity index (χ4v) is 1.87. The summed E-state index contributed by atoms with van der Waals surface area (Å²) in [6, 6.07) is 8.10. The summed E-state index contributed by atoms with van der Waals surface area (Å²) in [6.07, 6.45) is 0. The van der Waals surface area contributed by atoms with E-state index in [0.29, 0.717) is 19.7 Å². The van der Waals surface area contributed by atoms with E-state index >= 15 is 0 Å². The van der Waals surface area contributed by atoms with Gasteiger partial charge in [-0.15, -0.1) is 24.0 Å². The number of rotatable bonds is 9. The lowest BCUT2D eigenvalue weighted by Crippen LogP contribution is -2.45. The number of aliphatic imine (C=N–C) groups is 1. The second-order valence-corrected chi connectivity index (χ2v) is 6.54. The van der Waals surface area contributed by atoms with E-state index < -0.39 is 0 Å². The highest BCUT2D eigenvalue weighted by molar-refractivity contribution is 14.0. The summed E-state index contributed by atoms with van der Waals surface area (Å²) in [7, 11) is 7.54. The number of likely N-dealkylation sites (N-methyl/N-ethyl adjacent to an activating group) is 1. The Morgan fingerprint density at radius 3 is 2.56 bits per heavy atom. The van der Waals surface area contributed by atoms with Gasteiger partial charge >= 0.3 is 0 Å². The van der Waals surface area contributed by atoms with E-state index in [2.05, 4.69) is 32.7 Å². The minimum absolute atomic E-state index is 0. The van der Waals surface area contributed by atoms with Crippen molar-refractivity contribution in [1.29, 1.82) is 0 Å². The molecular formula is C18H33IN4O2. The molecule has 0 saturated carbocycles. The molecule has 2 N–H and O–H groups in total. The van der Waals surface area contributed by atoms with Gasteiger partial charge in [0.15, 0.2) is 5.96 Å². The number of hydrogen-bond donors (Lipinski definition) is 2. The lowest BCUT2D eigenvalue weighted by Gasteiger charge is -2.24. The van der Waals surface area contributed by atoms with Crippen LogP contribution in [0.1, 0.15) is 19.4 Å². The Morgan fingerprint density at radius 2 is 1.96 bits per heavy atom. The van der Waals surface area contributed by atoms with Gasteiger partial charge in [-0.1, -0.05) is 12.1 Å². The van der Waals surface area contributed by atoms with Gasteiger partial charge < -0.3 is 25.0 Å². The molecule has 0 aromatic heterocycles. The summed E-state index contributed by atoms with van der Waals surface area (Å²) in [4.78, 5) is 6.33. The van der Waals surface area contributed by atoms with Gasteiger partial charge in [0.1, 0.15) is 12.4 Å². The molecule has 6 nitrogen and oxygen atoms in total. The van der Waals surface area contributed by atoms with Crippen molar-refractivity contribution in [2.45, 2.75) is 26.0 Å². The maximum Gasteiger partial charge on any atom is 0.191 e. The van der Waals surface area contributed by atoms with Crippen molar-refractivity contribution in [2.24, 2.45) is 4.99 Å². The van der Waals surface area contributed by atoms with Crippen molar-refractivity contribution in [3.05, 3.63) is 29.8 Å². The molecular weight excluding hydrogens is 431 g/mol. The number of benzene rings is 1. The highest BCUT2D eigenvalue weighted by atomic mass is 127. The zero-order valence-electron chi connectivity index (χ0n) is 16.3. The quantitative estimate of drug-likeness (QED) is 0.334. The van der Waals surface area contributed by atoms with Gasteiger partial charge in [-0.2, -0.15) is 0 Å². The lowest BCUT2D eigenvalue weighted by molar-refractivity contribution is 0.0268. The van der Waals surface area contributed by atoms with E-state index in [4.69, 9.17) is 9.47 Å². The van der Waals surface area contributed by atoms with E-state index in [1.165, 1.54) is 0 Å². The maximum absolute atomic E-state index is 5.77. The molecule has 0 aliphatic heterocycles. The zero-order valence-corrected chi connectivity index (χ0v) is 18.6. The van der Waals surface area contributed by atoms with Gasteiger partial charge in [0.2, 0.25) is 0 Å². The van der Waals surface area contributed by atoms with Crippen molar-refractivity contribution in [3.63, 3.8) is 0 Å². The largest absolute Gasteiger partial charge is 0.492 e. The molecule has 0 heterocycles. The standard InChI is InChI=1S/C18H32N4O2.HI/c1-18(2,23-6)14-21-17(19-3)20-13-15-8-7-9-16(12-15)24-11-10-22(4)5;/h7-9,12H,10-11,13-14H2,1-6H3,(H2,19,20,21);1H. The first kappa shape index (κ1) is 23.9. The smallest absolute Gasteiger partial charge is 0.191 e. The number of ether oxygens (including phenoxy) is 2. The van der Waals surface area contributed by atoms with E-state index in [1.807, 2.05) is 40.1 Å². The number of nitrogens with zero attached hydrogens (tertiary/aromatic N) is 2. The highest BCUT2D eigenvalue weighted by Crippen LogP contribution is 2.13. The normalized spacial score (nSPS) is 11.9. The highest BCUT2D eigenvalue weighted by Gasteiger charge is 2.16. The van der Waals surface area contributed by atoms with Gasteiger partial charge in [-0.3, -0.25) is 4.99 Å². The Labute approximate surface area is 169 Å². The average Bonchev–Trinajstić information content (AvgIpc) is 2.55. The molecule has 1 rings (SSSR count). The first-order chi connectivity index (χ1) is 11.4. The van der Waals surface area contributed by atoms with Crippen LogP contribution in [0.15, 0.2) is 29.3 Å². The number of nitrogens with one attached hydrogen (secondary N) is 2. The van der Waals surface area contributed by atoms with Crippen molar-refractivity contribution in [2.75, 3.05) is 47.9 Å². The van der Waals surface area contributed by atoms with Crippen molar-refractivity contribution in [1.82, 2.24) is 15.5 Å². The van der Waals surface area contributed by atoms with E-state index in [0.717, 1.165) is 23.8 Å². The zero-order chi connectivity index (χ0) is 18.0. The van der Waals surface area contributed by atoms with Crippen LogP contribution in [0.2, 0.25) is 0 Å². The van der Waals surface area contributed by atoms with E-state index in [-0.39, 0.29) is 29.6 Å². The average molecular weight is 464 g/mol. The Kier molecular flexibility index (Phi) is 11.8. The SMILES string of the molecule is CN=C(NCc1cccc(OCCN(C)C)c1)NCC(C)(C)OC.I. The number of hydrogen-bond acceptors (Lipinski definition) is 4. The van der Waals surface area contributed by atoms with Gasteiger partial charge in [-0.05, 0) is 45.6 Å². The second kappa shape index (κ2) is 12.3. The predicted molar refractivity (Wildman–Crippen MR) is 115 cm³/mol. The summed E-state index contributed by atoms with van der Waals surface area (Å²) in [5.74, 6) is 1.64. The first-order valence-corrected chi connectivity index (χ1v) is 8.22. The van der Waals surface area contributed by atoms with Crippen LogP contribution < -0.4 is 15.4 Å². The fourth-order valence-electron chi connectivity index (χ4n) is 1.87. The first-order valence-electron chi connectivity index (χ1n) is 8.22. The van der Waals surface area contributed by atoms with Gasteiger partial charge in [0.25, 0.3) is 0 Å². The fraction of sp³-hybridized carbons (Fsp3) is 0.611. The maximum atomic E-state index is 5.77. The Bertz CT molecular complexity index is 522. The number of methoxy groups -OCH3 is 1. The molecule has 144 valence electrons. The van der Waals surface area contributed by atoms with Crippen LogP contribution >= 0.6 is 24.0 Å². The third kappa shape index (κ3) is 10.5. The molecule has 25 heavy (non-hydrogen) atoms. The summed E-state index contributed by atoms with van der Waals surface area (Å²) < 4.78 is 11.2. The molecule has 1 aromatic rings. The summed E-state index contributed by atoms with van der Waals surface area (Å²) >= 11 is 0. The van der Waals surface area contributed by atoms with Crippen LogP contribution in [-0.4, -0.2) is 64.4 Å². The van der Waals surface area contributed by atoms with E-state index in [9.17, 15) is 0 Å². The monoisotopic (exact) mass is 464 g/mol. The molecule has 0 aliphatic rings. The molecule has 0 bridgehead atoms. The van der Waals surface area contributed by atoms with Crippen molar-refractivity contribution in [3.8, 4) is 5.75 Å². The lowest BCUT2D eigenvalue weighted by atomic mass is 10.1. The van der Waals surface area contributed by atoms with Crippen molar-refractivity contribution < 1.29 is 9.47 Å². The molecule has 0 spiro atoms. The topological polar surface area (TPSA) is 58.1 Å². The van der Waals surface area contributed by atoms with E-state index in [1.54, 1.807) is 14.2 Å². The molecule has 0 saturated heterocycles. The van der Waals surface area contributed by atoms with Crippen molar-refractivity contribution >= 4 is 29.9 Å². The molecule has 0 radical (unpaired) electrons. The van der Waals surface area contributed by atoms with Crippen LogP contribution in [0.4, 0.5) is 0 Å². The summed E-state index contributed by atoms with van der Waals surface area (Å²) in [6.45, 7) is 6.99. The minimum Gasteiger partial charge on any atom is -0.492 e. The predicted octanol–water partition coefficient (Wildman–Crippen LogP) is 2.34. The summed E-state index contributed by atoms with van der Waals surface area (Å²) in [5.41, 5.74) is 0.906. The van der Waals surface area contributed by atoms with Crippen LogP contribution in [0.5, 0.6) is 5.75 Å². The molecule has 1 aromatic carbocycles. The van der Waals surface area contributed by atoms with Gasteiger partial charge in [0.05, 0.1) is 5.60 Å². The molecule has 0 fully saturated rings. The Morgan fingerprint density at radius 1 is 1.24 bits per heavy atom. The molecule has 7 heteroatoms. The second-order valence-electron chi connectivity index (χ2n) is 6.54. The summed E-state index contributed by atoms with van der Waals surface area (Å²) in [5, 5.41) is 6.57. The van der Waals surface area contributed by atoms with Gasteiger partial charge in [0, 0.05) is 33.8 Å². The number of halogens is 1. The van der Waals surface area contributed by atoms with Crippen LogP contribution in [0.25, 0.3) is 0 Å². The molecule has 0 atom stereocenters. The van der Waals surface area contributed by atoms with Crippen LogP contribution in [0, 0.1) is 0 Å². The molecule has 0 unspecified atom stereocenters. The van der Waals surface area contributed by atoms with Crippen LogP contribution in [0.3, 0.4) is 0 Å². The molecule has 0 aliphatic carbocycles. The molecule has 0 amide bonds. The third-order valence-corrected chi connectivity index (χ3v) is 3.62.